The first-order valence-corrected chi connectivity index (χ1v) is 10.4. The molecule has 0 N–H and O–H groups in total. The van der Waals surface area contributed by atoms with Crippen LogP contribution in [-0.2, 0) is 11.3 Å². The van der Waals surface area contributed by atoms with Crippen LogP contribution in [0.2, 0.25) is 5.02 Å². The lowest BCUT2D eigenvalue weighted by Gasteiger charge is -2.11. The van der Waals surface area contributed by atoms with Crippen LogP contribution in [0.1, 0.15) is 43.3 Å². The molecule has 0 spiro atoms. The van der Waals surface area contributed by atoms with Crippen LogP contribution >= 0.6 is 11.6 Å². The minimum Gasteiger partial charge on any atom is -0.454 e. The van der Waals surface area contributed by atoms with Gasteiger partial charge in [0.2, 0.25) is 0 Å². The maximum atomic E-state index is 13.3. The fraction of sp³-hybridized carbons (Fsp3) is 0.115. The Kier molecular flexibility index (Phi) is 6.19. The van der Waals surface area contributed by atoms with Gasteiger partial charge in [0.05, 0.1) is 16.8 Å². The highest BCUT2D eigenvalue weighted by Crippen LogP contribution is 2.33. The first-order chi connectivity index (χ1) is 15.4. The molecule has 4 rings (SSSR count). The molecule has 6 heteroatoms. The molecule has 0 aliphatic heterocycles. The van der Waals surface area contributed by atoms with E-state index in [1.54, 1.807) is 55.5 Å². The molecule has 0 saturated carbocycles. The number of aromatic nitrogens is 1. The molecule has 160 valence electrons. The number of hydrogen-bond acceptors (Lipinski definition) is 5. The number of rotatable bonds is 6. The SMILES string of the molecule is Cc1ccc(-c2c(C)noc2COC(=O)c2ccccc2)c(C(=O)c2ccc(Cl)cc2)c1. The van der Waals surface area contributed by atoms with Crippen molar-refractivity contribution in [3.63, 3.8) is 0 Å². The Morgan fingerprint density at radius 1 is 0.938 bits per heavy atom. The zero-order valence-corrected chi connectivity index (χ0v) is 18.3. The number of nitrogens with zero attached hydrogens (tertiary/aromatic N) is 1. The van der Waals surface area contributed by atoms with Crippen molar-refractivity contribution in [2.75, 3.05) is 0 Å². The largest absolute Gasteiger partial charge is 0.454 e. The summed E-state index contributed by atoms with van der Waals surface area (Å²) in [7, 11) is 0. The highest BCUT2D eigenvalue weighted by molar-refractivity contribution is 6.30. The van der Waals surface area contributed by atoms with Gasteiger partial charge in [0.1, 0.15) is 0 Å². The Balaban J connectivity index is 1.69. The van der Waals surface area contributed by atoms with Gasteiger partial charge in [-0.3, -0.25) is 4.79 Å². The number of esters is 1. The molecule has 0 atom stereocenters. The summed E-state index contributed by atoms with van der Waals surface area (Å²) in [6, 6.07) is 21.1. The molecule has 0 unspecified atom stereocenters. The number of carbonyl (C=O) groups is 2. The first kappa shape index (κ1) is 21.5. The fourth-order valence-corrected chi connectivity index (χ4v) is 3.60. The van der Waals surface area contributed by atoms with E-state index in [0.717, 1.165) is 5.56 Å². The Bertz CT molecular complexity index is 1280. The molecule has 0 saturated heterocycles. The number of halogens is 1. The molecule has 0 amide bonds. The summed E-state index contributed by atoms with van der Waals surface area (Å²) in [5.74, 6) is -0.235. The lowest BCUT2D eigenvalue weighted by atomic mass is 9.91. The van der Waals surface area contributed by atoms with E-state index in [1.165, 1.54) is 0 Å². The third kappa shape index (κ3) is 4.48. The average molecular weight is 446 g/mol. The summed E-state index contributed by atoms with van der Waals surface area (Å²) in [6.07, 6.45) is 0. The molecule has 1 heterocycles. The highest BCUT2D eigenvalue weighted by Gasteiger charge is 2.23. The number of ketones is 1. The van der Waals surface area contributed by atoms with Crippen molar-refractivity contribution in [3.8, 4) is 11.1 Å². The summed E-state index contributed by atoms with van der Waals surface area (Å²) in [4.78, 5) is 25.7. The third-order valence-corrected chi connectivity index (χ3v) is 5.32. The first-order valence-electron chi connectivity index (χ1n) is 10.0. The number of benzene rings is 3. The Labute approximate surface area is 190 Å². The van der Waals surface area contributed by atoms with E-state index >= 15 is 0 Å². The fourth-order valence-electron chi connectivity index (χ4n) is 3.47. The third-order valence-electron chi connectivity index (χ3n) is 5.07. The molecule has 5 nitrogen and oxygen atoms in total. The number of aryl methyl sites for hydroxylation is 2. The van der Waals surface area contributed by atoms with Crippen LogP contribution in [0.4, 0.5) is 0 Å². The molecule has 1 aromatic heterocycles. The molecule has 0 aliphatic carbocycles. The normalized spacial score (nSPS) is 10.7. The van der Waals surface area contributed by atoms with Crippen LogP contribution in [0.5, 0.6) is 0 Å². The zero-order valence-electron chi connectivity index (χ0n) is 17.6. The quantitative estimate of drug-likeness (QED) is 0.261. The smallest absolute Gasteiger partial charge is 0.338 e. The highest BCUT2D eigenvalue weighted by atomic mass is 35.5. The second-order valence-corrected chi connectivity index (χ2v) is 7.83. The van der Waals surface area contributed by atoms with Gasteiger partial charge >= 0.3 is 5.97 Å². The van der Waals surface area contributed by atoms with Gasteiger partial charge in [-0.2, -0.15) is 0 Å². The van der Waals surface area contributed by atoms with Gasteiger partial charge < -0.3 is 9.26 Å². The van der Waals surface area contributed by atoms with E-state index in [0.29, 0.717) is 44.3 Å². The van der Waals surface area contributed by atoms with Crippen molar-refractivity contribution >= 4 is 23.4 Å². The lowest BCUT2D eigenvalue weighted by Crippen LogP contribution is -2.07. The molecule has 32 heavy (non-hydrogen) atoms. The maximum absolute atomic E-state index is 13.3. The van der Waals surface area contributed by atoms with E-state index in [2.05, 4.69) is 5.16 Å². The van der Waals surface area contributed by atoms with Crippen molar-refractivity contribution in [2.45, 2.75) is 20.5 Å². The second kappa shape index (κ2) is 9.20. The standard InChI is InChI=1S/C26H20ClNO4/c1-16-8-13-21(22(14-16)25(29)18-9-11-20(27)12-10-18)24-17(2)28-32-23(24)15-31-26(30)19-6-4-3-5-7-19/h3-14H,15H2,1-2H3. The topological polar surface area (TPSA) is 69.4 Å². The van der Waals surface area contributed by atoms with Crippen molar-refractivity contribution in [1.82, 2.24) is 5.16 Å². The van der Waals surface area contributed by atoms with Gasteiger partial charge in [0.15, 0.2) is 18.2 Å². The van der Waals surface area contributed by atoms with Crippen LogP contribution in [0.25, 0.3) is 11.1 Å². The molecule has 0 radical (unpaired) electrons. The van der Waals surface area contributed by atoms with Crippen LogP contribution in [0.15, 0.2) is 77.3 Å². The van der Waals surface area contributed by atoms with Crippen LogP contribution in [0, 0.1) is 13.8 Å². The minimum atomic E-state index is -0.466. The van der Waals surface area contributed by atoms with Gasteiger partial charge in [-0.15, -0.1) is 0 Å². The minimum absolute atomic E-state index is 0.105. The van der Waals surface area contributed by atoms with Crippen LogP contribution in [0.3, 0.4) is 0 Å². The monoisotopic (exact) mass is 445 g/mol. The predicted molar refractivity (Wildman–Crippen MR) is 122 cm³/mol. The van der Waals surface area contributed by atoms with E-state index in [-0.39, 0.29) is 12.4 Å². The molecule has 4 aromatic rings. The number of ether oxygens (including phenoxy) is 1. The van der Waals surface area contributed by atoms with Gasteiger partial charge in [-0.25, -0.2) is 4.79 Å². The Hall–Kier alpha value is -3.70. The van der Waals surface area contributed by atoms with Crippen molar-refractivity contribution in [3.05, 3.63) is 112 Å². The van der Waals surface area contributed by atoms with E-state index in [9.17, 15) is 9.59 Å². The molecule has 0 fully saturated rings. The molecular formula is C26H20ClNO4. The van der Waals surface area contributed by atoms with Gasteiger partial charge in [0.25, 0.3) is 0 Å². The summed E-state index contributed by atoms with van der Waals surface area (Å²) in [6.45, 7) is 3.61. The Morgan fingerprint density at radius 3 is 2.38 bits per heavy atom. The van der Waals surface area contributed by atoms with E-state index < -0.39 is 5.97 Å². The summed E-state index contributed by atoms with van der Waals surface area (Å²) in [5.41, 5.74) is 4.33. The maximum Gasteiger partial charge on any atom is 0.338 e. The number of hydrogen-bond donors (Lipinski definition) is 0. The lowest BCUT2D eigenvalue weighted by molar-refractivity contribution is 0.0438. The van der Waals surface area contributed by atoms with Gasteiger partial charge in [0, 0.05) is 16.1 Å². The summed E-state index contributed by atoms with van der Waals surface area (Å²) >= 11 is 5.97. The summed E-state index contributed by atoms with van der Waals surface area (Å²) < 4.78 is 10.9. The van der Waals surface area contributed by atoms with Crippen LogP contribution < -0.4 is 0 Å². The van der Waals surface area contributed by atoms with E-state index in [4.69, 9.17) is 20.9 Å². The van der Waals surface area contributed by atoms with Crippen molar-refractivity contribution in [2.24, 2.45) is 0 Å². The van der Waals surface area contributed by atoms with Gasteiger partial charge in [-0.1, -0.05) is 52.7 Å². The molecule has 0 bridgehead atoms. The Morgan fingerprint density at radius 2 is 1.66 bits per heavy atom. The molecular weight excluding hydrogens is 426 g/mol. The van der Waals surface area contributed by atoms with Gasteiger partial charge in [-0.05, 0) is 61.9 Å². The number of carbonyl (C=O) groups excluding carboxylic acids is 2. The average Bonchev–Trinajstić information content (AvgIpc) is 3.18. The zero-order chi connectivity index (χ0) is 22.7. The molecule has 3 aromatic carbocycles. The summed E-state index contributed by atoms with van der Waals surface area (Å²) in [5, 5.41) is 4.61. The van der Waals surface area contributed by atoms with E-state index in [1.807, 2.05) is 31.2 Å². The van der Waals surface area contributed by atoms with Crippen LogP contribution in [-0.4, -0.2) is 16.9 Å². The van der Waals surface area contributed by atoms with Crippen molar-refractivity contribution < 1.29 is 18.8 Å². The second-order valence-electron chi connectivity index (χ2n) is 7.39. The predicted octanol–water partition coefficient (Wildman–Crippen LogP) is 6.20. The van der Waals surface area contributed by atoms with Crippen molar-refractivity contribution in [1.29, 1.82) is 0 Å². The molecule has 0 aliphatic rings.